The molecule has 0 saturated carbocycles. The molecule has 0 saturated heterocycles. The van der Waals surface area contributed by atoms with Gasteiger partial charge in [-0.3, -0.25) is 4.79 Å². The van der Waals surface area contributed by atoms with E-state index in [1.807, 2.05) is 13.0 Å². The van der Waals surface area contributed by atoms with Gasteiger partial charge in [0, 0.05) is 6.92 Å². The Morgan fingerprint density at radius 2 is 2.21 bits per heavy atom. The maximum atomic E-state index is 10.8. The fraction of sp³-hybridized carbons (Fsp3) is 0.300. The van der Waals surface area contributed by atoms with Crippen molar-refractivity contribution in [1.29, 1.82) is 0 Å². The lowest BCUT2D eigenvalue weighted by molar-refractivity contribution is -0.132. The maximum Gasteiger partial charge on any atom is 0.308 e. The summed E-state index contributed by atoms with van der Waals surface area (Å²) in [5.41, 5.74) is 0.963. The molecule has 1 heterocycles. The summed E-state index contributed by atoms with van der Waals surface area (Å²) in [6, 6.07) is 3.59. The van der Waals surface area contributed by atoms with E-state index in [0.717, 1.165) is 5.56 Å². The van der Waals surface area contributed by atoms with E-state index in [1.54, 1.807) is 6.07 Å². The van der Waals surface area contributed by atoms with Crippen LogP contribution in [0.4, 0.5) is 0 Å². The van der Waals surface area contributed by atoms with Crippen LogP contribution in [0.1, 0.15) is 12.5 Å². The van der Waals surface area contributed by atoms with E-state index >= 15 is 0 Å². The summed E-state index contributed by atoms with van der Waals surface area (Å²) < 4.78 is 15.4. The van der Waals surface area contributed by atoms with Crippen molar-refractivity contribution in [1.82, 2.24) is 0 Å². The highest BCUT2D eigenvalue weighted by Gasteiger charge is 2.20. The lowest BCUT2D eigenvalue weighted by Gasteiger charge is -2.05. The second-order valence-electron chi connectivity index (χ2n) is 3.09. The first-order valence-corrected chi connectivity index (χ1v) is 4.25. The zero-order chi connectivity index (χ0) is 10.1. The predicted octanol–water partition coefficient (Wildman–Crippen LogP) is 1.65. The van der Waals surface area contributed by atoms with Gasteiger partial charge in [-0.1, -0.05) is 0 Å². The second kappa shape index (κ2) is 3.21. The molecule has 4 nitrogen and oxygen atoms in total. The fourth-order valence-electron chi connectivity index (χ4n) is 1.34. The van der Waals surface area contributed by atoms with Gasteiger partial charge in [-0.25, -0.2) is 0 Å². The normalized spacial score (nSPS) is 12.7. The molecule has 0 spiro atoms. The highest BCUT2D eigenvalue weighted by atomic mass is 16.7. The zero-order valence-corrected chi connectivity index (χ0v) is 7.99. The first-order chi connectivity index (χ1) is 6.66. The number of carbonyl (C=O) groups excluding carboxylic acids is 1. The Bertz CT molecular complexity index is 384. The summed E-state index contributed by atoms with van der Waals surface area (Å²) in [6.45, 7) is 3.42. The van der Waals surface area contributed by atoms with Crippen molar-refractivity contribution in [2.75, 3.05) is 6.79 Å². The molecule has 1 aliphatic rings. The highest BCUT2D eigenvalue weighted by Crippen LogP contribution is 2.41. The predicted molar refractivity (Wildman–Crippen MR) is 48.6 cm³/mol. The van der Waals surface area contributed by atoms with Crippen molar-refractivity contribution in [2.24, 2.45) is 0 Å². The number of fused-ring (bicyclic) bond motifs is 1. The van der Waals surface area contributed by atoms with Gasteiger partial charge in [0.1, 0.15) is 0 Å². The topological polar surface area (TPSA) is 44.8 Å². The summed E-state index contributed by atoms with van der Waals surface area (Å²) in [5, 5.41) is 0. The van der Waals surface area contributed by atoms with Gasteiger partial charge in [0.2, 0.25) is 12.5 Å². The maximum absolute atomic E-state index is 10.8. The molecule has 74 valence electrons. The van der Waals surface area contributed by atoms with Crippen LogP contribution in [0.5, 0.6) is 17.2 Å². The molecular formula is C10H10O4. The van der Waals surface area contributed by atoms with Crippen LogP contribution in [0.2, 0.25) is 0 Å². The second-order valence-corrected chi connectivity index (χ2v) is 3.09. The average molecular weight is 194 g/mol. The number of ether oxygens (including phenoxy) is 3. The van der Waals surface area contributed by atoms with Gasteiger partial charge < -0.3 is 14.2 Å². The summed E-state index contributed by atoms with van der Waals surface area (Å²) in [4.78, 5) is 10.8. The lowest BCUT2D eigenvalue weighted by Crippen LogP contribution is -2.02. The third kappa shape index (κ3) is 1.51. The van der Waals surface area contributed by atoms with Crippen LogP contribution >= 0.6 is 0 Å². The van der Waals surface area contributed by atoms with Crippen LogP contribution in [0.25, 0.3) is 0 Å². The summed E-state index contributed by atoms with van der Waals surface area (Å²) in [7, 11) is 0. The summed E-state index contributed by atoms with van der Waals surface area (Å²) in [6.07, 6.45) is 0. The first kappa shape index (κ1) is 8.87. The minimum atomic E-state index is -0.367. The molecule has 14 heavy (non-hydrogen) atoms. The van der Waals surface area contributed by atoms with Crippen molar-refractivity contribution in [2.45, 2.75) is 13.8 Å². The van der Waals surface area contributed by atoms with Gasteiger partial charge in [-0.15, -0.1) is 0 Å². The van der Waals surface area contributed by atoms with Crippen molar-refractivity contribution < 1.29 is 19.0 Å². The van der Waals surface area contributed by atoms with E-state index in [-0.39, 0.29) is 12.8 Å². The number of hydrogen-bond acceptors (Lipinski definition) is 4. The Morgan fingerprint density at radius 1 is 1.43 bits per heavy atom. The smallest absolute Gasteiger partial charge is 0.308 e. The minimum absolute atomic E-state index is 0.174. The number of aryl methyl sites for hydroxylation is 1. The SMILES string of the molecule is CC(=O)Oc1cc(C)cc2c1OCO2. The van der Waals surface area contributed by atoms with Crippen molar-refractivity contribution >= 4 is 5.97 Å². The number of hydrogen-bond donors (Lipinski definition) is 0. The van der Waals surface area contributed by atoms with Gasteiger partial charge in [0.25, 0.3) is 0 Å². The third-order valence-corrected chi connectivity index (χ3v) is 1.84. The average Bonchev–Trinajstić information content (AvgIpc) is 2.50. The molecular weight excluding hydrogens is 184 g/mol. The molecule has 1 aliphatic heterocycles. The molecule has 0 atom stereocenters. The largest absolute Gasteiger partial charge is 0.453 e. The van der Waals surface area contributed by atoms with E-state index < -0.39 is 0 Å². The van der Waals surface area contributed by atoms with Crippen LogP contribution in [-0.2, 0) is 4.79 Å². The molecule has 2 rings (SSSR count). The molecule has 4 heteroatoms. The van der Waals surface area contributed by atoms with Crippen LogP contribution in [-0.4, -0.2) is 12.8 Å². The lowest BCUT2D eigenvalue weighted by atomic mass is 10.2. The van der Waals surface area contributed by atoms with Gasteiger partial charge in [-0.05, 0) is 24.6 Å². The van der Waals surface area contributed by atoms with Crippen molar-refractivity contribution in [3.63, 3.8) is 0 Å². The number of esters is 1. The minimum Gasteiger partial charge on any atom is -0.453 e. The molecule has 0 aromatic heterocycles. The van der Waals surface area contributed by atoms with Gasteiger partial charge in [0.15, 0.2) is 11.5 Å². The monoisotopic (exact) mass is 194 g/mol. The Morgan fingerprint density at radius 3 is 2.93 bits per heavy atom. The fourth-order valence-corrected chi connectivity index (χ4v) is 1.34. The molecule has 0 N–H and O–H groups in total. The van der Waals surface area contributed by atoms with E-state index in [9.17, 15) is 4.79 Å². The molecule has 0 amide bonds. The van der Waals surface area contributed by atoms with Gasteiger partial charge in [-0.2, -0.15) is 0 Å². The molecule has 0 fully saturated rings. The van der Waals surface area contributed by atoms with Crippen LogP contribution < -0.4 is 14.2 Å². The molecule has 1 aromatic rings. The standard InChI is InChI=1S/C10H10O4/c1-6-3-8-10(13-5-12-8)9(4-6)14-7(2)11/h3-4H,5H2,1-2H3. The van der Waals surface area contributed by atoms with Crippen molar-refractivity contribution in [3.05, 3.63) is 17.7 Å². The van der Waals surface area contributed by atoms with E-state index in [0.29, 0.717) is 17.2 Å². The Hall–Kier alpha value is -1.71. The van der Waals surface area contributed by atoms with Gasteiger partial charge >= 0.3 is 5.97 Å². The molecule has 1 aromatic carbocycles. The Labute approximate surface area is 81.4 Å². The number of benzene rings is 1. The first-order valence-electron chi connectivity index (χ1n) is 4.25. The molecule has 0 aliphatic carbocycles. The van der Waals surface area contributed by atoms with Gasteiger partial charge in [0.05, 0.1) is 0 Å². The van der Waals surface area contributed by atoms with E-state index in [1.165, 1.54) is 6.92 Å². The molecule has 0 unspecified atom stereocenters. The molecule has 0 radical (unpaired) electrons. The van der Waals surface area contributed by atoms with E-state index in [2.05, 4.69) is 0 Å². The summed E-state index contributed by atoms with van der Waals surface area (Å²) >= 11 is 0. The van der Waals surface area contributed by atoms with E-state index in [4.69, 9.17) is 14.2 Å². The van der Waals surface area contributed by atoms with Crippen molar-refractivity contribution in [3.8, 4) is 17.2 Å². The third-order valence-electron chi connectivity index (χ3n) is 1.84. The highest BCUT2D eigenvalue weighted by molar-refractivity contribution is 5.71. The number of rotatable bonds is 1. The zero-order valence-electron chi connectivity index (χ0n) is 7.99. The van der Waals surface area contributed by atoms with Crippen LogP contribution in [0, 0.1) is 6.92 Å². The summed E-state index contributed by atoms with van der Waals surface area (Å²) in [5.74, 6) is 1.19. The number of carbonyl (C=O) groups is 1. The molecule has 0 bridgehead atoms. The van der Waals surface area contributed by atoms with Crippen LogP contribution in [0.15, 0.2) is 12.1 Å². The quantitative estimate of drug-likeness (QED) is 0.503. The van der Waals surface area contributed by atoms with Crippen LogP contribution in [0.3, 0.4) is 0 Å². The Balaban J connectivity index is 2.43. The Kier molecular flexibility index (Phi) is 2.04.